The van der Waals surface area contributed by atoms with Gasteiger partial charge in [0.1, 0.15) is 11.1 Å². The number of carbonyl (C=O) groups excluding carboxylic acids is 1. The van der Waals surface area contributed by atoms with Crippen LogP contribution in [0.5, 0.6) is 0 Å². The number of carboxylic acid groups (broad SMARTS) is 1. The first-order valence-electron chi connectivity index (χ1n) is 7.31. The Morgan fingerprint density at radius 3 is 2.58 bits per heavy atom. The van der Waals surface area contributed by atoms with E-state index < -0.39 is 17.9 Å². The fourth-order valence-electron chi connectivity index (χ4n) is 1.91. The van der Waals surface area contributed by atoms with Gasteiger partial charge in [0.25, 0.3) is 5.91 Å². The van der Waals surface area contributed by atoms with Crippen LogP contribution >= 0.6 is 23.4 Å². The highest BCUT2D eigenvalue weighted by molar-refractivity contribution is 7.99. The molecule has 0 saturated heterocycles. The van der Waals surface area contributed by atoms with Gasteiger partial charge >= 0.3 is 5.97 Å². The zero-order chi connectivity index (χ0) is 17.5. The smallest absolute Gasteiger partial charge is 0.326 e. The first kappa shape index (κ1) is 18.2. The molecule has 24 heavy (non-hydrogen) atoms. The van der Waals surface area contributed by atoms with Crippen molar-refractivity contribution in [2.45, 2.75) is 35.7 Å². The Balaban J connectivity index is 2.04. The molecule has 0 bridgehead atoms. The second-order valence-corrected chi connectivity index (χ2v) is 6.41. The van der Waals surface area contributed by atoms with Gasteiger partial charge in [-0.3, -0.25) is 4.79 Å². The fraction of sp³-hybridized carbons (Fsp3) is 0.250. The molecule has 1 heterocycles. The predicted octanol–water partition coefficient (Wildman–Crippen LogP) is 3.26. The number of halogens is 1. The lowest BCUT2D eigenvalue weighted by molar-refractivity contribution is -0.139. The monoisotopic (exact) mass is 365 g/mol. The van der Waals surface area contributed by atoms with E-state index in [-0.39, 0.29) is 5.69 Å². The molecule has 0 fully saturated rings. The number of amides is 1. The Morgan fingerprint density at radius 1 is 1.25 bits per heavy atom. The van der Waals surface area contributed by atoms with Crippen LogP contribution in [0.4, 0.5) is 0 Å². The molecule has 0 saturated carbocycles. The molecule has 0 radical (unpaired) electrons. The van der Waals surface area contributed by atoms with Crippen molar-refractivity contribution in [3.05, 3.63) is 47.1 Å². The average Bonchev–Trinajstić information content (AvgIpc) is 2.57. The first-order chi connectivity index (χ1) is 11.5. The fourth-order valence-corrected chi connectivity index (χ4v) is 2.92. The van der Waals surface area contributed by atoms with Gasteiger partial charge in [-0.15, -0.1) is 10.2 Å². The third kappa shape index (κ3) is 4.94. The molecule has 0 aliphatic heterocycles. The van der Waals surface area contributed by atoms with Crippen molar-refractivity contribution in [3.8, 4) is 0 Å². The van der Waals surface area contributed by atoms with Crippen molar-refractivity contribution in [3.63, 3.8) is 0 Å². The topological polar surface area (TPSA) is 92.2 Å². The Bertz CT molecular complexity index is 725. The summed E-state index contributed by atoms with van der Waals surface area (Å²) in [5, 5.41) is 20.5. The van der Waals surface area contributed by atoms with E-state index in [1.54, 1.807) is 12.1 Å². The van der Waals surface area contributed by atoms with Crippen LogP contribution in [0.15, 0.2) is 46.3 Å². The standard InChI is InChI=1S/C16H16ClN3O3S/c1-2-5-12(16(22)23)18-15(21)11-8-9-14(20-19-11)24-13-7-4-3-6-10(13)17/h3-4,6-9,12H,2,5H2,1H3,(H,18,21)(H,22,23). The maximum Gasteiger partial charge on any atom is 0.326 e. The largest absolute Gasteiger partial charge is 0.480 e. The molecule has 2 aromatic rings. The quantitative estimate of drug-likeness (QED) is 0.782. The second kappa shape index (κ2) is 8.65. The number of benzene rings is 1. The van der Waals surface area contributed by atoms with E-state index in [0.717, 1.165) is 4.90 Å². The number of carboxylic acids is 1. The summed E-state index contributed by atoms with van der Waals surface area (Å²) in [6.07, 6.45) is 1.01. The number of nitrogens with one attached hydrogen (secondary N) is 1. The molecular formula is C16H16ClN3O3S. The first-order valence-corrected chi connectivity index (χ1v) is 8.50. The highest BCUT2D eigenvalue weighted by Crippen LogP contribution is 2.31. The van der Waals surface area contributed by atoms with E-state index in [0.29, 0.717) is 22.9 Å². The third-order valence-corrected chi connectivity index (χ3v) is 4.55. The molecule has 2 rings (SSSR count). The summed E-state index contributed by atoms with van der Waals surface area (Å²) in [6, 6.07) is 9.56. The Labute approximate surface area is 148 Å². The van der Waals surface area contributed by atoms with Crippen molar-refractivity contribution < 1.29 is 14.7 Å². The molecule has 8 heteroatoms. The van der Waals surface area contributed by atoms with E-state index in [4.69, 9.17) is 16.7 Å². The van der Waals surface area contributed by atoms with Crippen molar-refractivity contribution in [2.24, 2.45) is 0 Å². The van der Waals surface area contributed by atoms with Gasteiger partial charge in [-0.05, 0) is 30.7 Å². The summed E-state index contributed by atoms with van der Waals surface area (Å²) in [4.78, 5) is 24.0. The molecule has 1 unspecified atom stereocenters. The third-order valence-electron chi connectivity index (χ3n) is 3.10. The zero-order valence-electron chi connectivity index (χ0n) is 12.9. The lowest BCUT2D eigenvalue weighted by Crippen LogP contribution is -2.41. The predicted molar refractivity (Wildman–Crippen MR) is 91.4 cm³/mol. The van der Waals surface area contributed by atoms with Crippen LogP contribution in [-0.4, -0.2) is 33.2 Å². The number of hydrogen-bond acceptors (Lipinski definition) is 5. The van der Waals surface area contributed by atoms with Crippen molar-refractivity contribution in [1.29, 1.82) is 0 Å². The zero-order valence-corrected chi connectivity index (χ0v) is 14.5. The van der Waals surface area contributed by atoms with Gasteiger partial charge in [0.05, 0.1) is 5.02 Å². The van der Waals surface area contributed by atoms with Crippen LogP contribution in [0.2, 0.25) is 5.02 Å². The lowest BCUT2D eigenvalue weighted by atomic mass is 10.1. The summed E-state index contributed by atoms with van der Waals surface area (Å²) < 4.78 is 0. The molecule has 0 aliphatic rings. The molecule has 1 atom stereocenters. The molecule has 6 nitrogen and oxygen atoms in total. The Morgan fingerprint density at radius 2 is 2.00 bits per heavy atom. The summed E-state index contributed by atoms with van der Waals surface area (Å²) >= 11 is 7.41. The van der Waals surface area contributed by atoms with Gasteiger partial charge in [-0.1, -0.05) is 48.8 Å². The number of carbonyl (C=O) groups is 2. The summed E-state index contributed by atoms with van der Waals surface area (Å²) in [6.45, 7) is 1.85. The molecule has 0 spiro atoms. The van der Waals surface area contributed by atoms with Gasteiger partial charge in [0.15, 0.2) is 5.69 Å². The van der Waals surface area contributed by atoms with Crippen LogP contribution in [0.1, 0.15) is 30.3 Å². The molecule has 1 amide bonds. The highest BCUT2D eigenvalue weighted by Gasteiger charge is 2.20. The Hall–Kier alpha value is -2.12. The van der Waals surface area contributed by atoms with Gasteiger partial charge < -0.3 is 10.4 Å². The molecular weight excluding hydrogens is 350 g/mol. The molecule has 1 aromatic carbocycles. The number of rotatable bonds is 7. The average molecular weight is 366 g/mol. The van der Waals surface area contributed by atoms with Gasteiger partial charge in [-0.2, -0.15) is 0 Å². The maximum absolute atomic E-state index is 12.1. The normalized spacial score (nSPS) is 11.8. The van der Waals surface area contributed by atoms with E-state index in [1.807, 2.05) is 25.1 Å². The Kier molecular flexibility index (Phi) is 6.57. The summed E-state index contributed by atoms with van der Waals surface area (Å²) in [7, 11) is 0. The number of nitrogens with zero attached hydrogens (tertiary/aromatic N) is 2. The van der Waals surface area contributed by atoms with Gasteiger partial charge in [0.2, 0.25) is 0 Å². The van der Waals surface area contributed by atoms with E-state index in [1.165, 1.54) is 17.8 Å². The minimum Gasteiger partial charge on any atom is -0.480 e. The van der Waals surface area contributed by atoms with Crippen molar-refractivity contribution in [2.75, 3.05) is 0 Å². The summed E-state index contributed by atoms with van der Waals surface area (Å²) in [5.41, 5.74) is 0.0702. The van der Waals surface area contributed by atoms with Crippen LogP contribution in [0.3, 0.4) is 0 Å². The molecule has 2 N–H and O–H groups in total. The van der Waals surface area contributed by atoms with Crippen LogP contribution < -0.4 is 5.32 Å². The second-order valence-electron chi connectivity index (χ2n) is 4.94. The minimum absolute atomic E-state index is 0.0702. The minimum atomic E-state index is -1.07. The number of hydrogen-bond donors (Lipinski definition) is 2. The van der Waals surface area contributed by atoms with Crippen LogP contribution in [0.25, 0.3) is 0 Å². The number of aliphatic carboxylic acids is 1. The molecule has 126 valence electrons. The highest BCUT2D eigenvalue weighted by atomic mass is 35.5. The molecule has 0 aliphatic carbocycles. The van der Waals surface area contributed by atoms with E-state index in [2.05, 4.69) is 15.5 Å². The van der Waals surface area contributed by atoms with E-state index >= 15 is 0 Å². The SMILES string of the molecule is CCCC(NC(=O)c1ccc(Sc2ccccc2Cl)nn1)C(=O)O. The summed E-state index contributed by atoms with van der Waals surface area (Å²) in [5.74, 6) is -1.62. The maximum atomic E-state index is 12.1. The van der Waals surface area contributed by atoms with Crippen molar-refractivity contribution in [1.82, 2.24) is 15.5 Å². The van der Waals surface area contributed by atoms with Crippen LogP contribution in [-0.2, 0) is 4.79 Å². The molecule has 1 aromatic heterocycles. The van der Waals surface area contributed by atoms with Crippen LogP contribution in [0, 0.1) is 0 Å². The van der Waals surface area contributed by atoms with E-state index in [9.17, 15) is 9.59 Å². The van der Waals surface area contributed by atoms with Gasteiger partial charge in [-0.25, -0.2) is 4.79 Å². The van der Waals surface area contributed by atoms with Crippen molar-refractivity contribution >= 4 is 35.2 Å². The lowest BCUT2D eigenvalue weighted by Gasteiger charge is -2.12. The van der Waals surface area contributed by atoms with Gasteiger partial charge in [0, 0.05) is 4.90 Å². The number of aromatic nitrogens is 2.